The molecule has 1 aromatic carbocycles. The Morgan fingerprint density at radius 1 is 1.29 bits per heavy atom. The van der Waals surface area contributed by atoms with Crippen LogP contribution in [0.5, 0.6) is 0 Å². The molecule has 0 atom stereocenters. The monoisotopic (exact) mass is 367 g/mol. The topological polar surface area (TPSA) is 37.8 Å². The van der Waals surface area contributed by atoms with Crippen LogP contribution in [0.1, 0.15) is 37.9 Å². The number of hydrogen-bond donors (Lipinski definition) is 1. The summed E-state index contributed by atoms with van der Waals surface area (Å²) in [6.07, 6.45) is 0. The quantitative estimate of drug-likeness (QED) is 0.782. The molecule has 2 rings (SSSR count). The van der Waals surface area contributed by atoms with Gasteiger partial charge >= 0.3 is 0 Å². The van der Waals surface area contributed by atoms with E-state index in [1.165, 1.54) is 5.56 Å². The van der Waals surface area contributed by atoms with Crippen LogP contribution in [0.4, 0.5) is 5.82 Å². The van der Waals surface area contributed by atoms with Crippen LogP contribution in [-0.4, -0.2) is 16.5 Å². The maximum Gasteiger partial charge on any atom is 0.161 e. The number of rotatable bonds is 4. The molecule has 3 nitrogen and oxygen atoms in total. The number of benzene rings is 1. The second-order valence-corrected chi connectivity index (χ2v) is 6.47. The van der Waals surface area contributed by atoms with E-state index in [9.17, 15) is 0 Å². The molecule has 0 spiro atoms. The summed E-state index contributed by atoms with van der Waals surface area (Å²) in [5, 5.41) is 4.00. The third-order valence-corrected chi connectivity index (χ3v) is 4.47. The first-order chi connectivity index (χ1) is 9.93. The zero-order chi connectivity index (χ0) is 15.6. The molecule has 21 heavy (non-hydrogen) atoms. The third kappa shape index (κ3) is 3.55. The van der Waals surface area contributed by atoms with Crippen LogP contribution in [0, 0.1) is 6.92 Å². The van der Waals surface area contributed by atoms with Gasteiger partial charge in [-0.3, -0.25) is 0 Å². The Labute approximate surface area is 139 Å². The van der Waals surface area contributed by atoms with Crippen molar-refractivity contribution in [2.45, 2.75) is 33.6 Å². The molecular formula is C16H19BrClN3. The zero-order valence-electron chi connectivity index (χ0n) is 12.7. The predicted molar refractivity (Wildman–Crippen MR) is 93.2 cm³/mol. The molecule has 5 heteroatoms. The van der Waals surface area contributed by atoms with E-state index in [0.29, 0.717) is 16.8 Å². The molecule has 0 saturated carbocycles. The summed E-state index contributed by atoms with van der Waals surface area (Å²) in [6, 6.07) is 5.76. The lowest BCUT2D eigenvalue weighted by Crippen LogP contribution is -2.09. The molecule has 2 aromatic rings. The number of anilines is 1. The molecule has 0 fully saturated rings. The maximum absolute atomic E-state index is 6.17. The van der Waals surface area contributed by atoms with E-state index in [-0.39, 0.29) is 0 Å². The van der Waals surface area contributed by atoms with Gasteiger partial charge in [-0.1, -0.05) is 25.4 Å². The molecule has 0 aliphatic carbocycles. The number of hydrogen-bond acceptors (Lipinski definition) is 3. The fourth-order valence-corrected chi connectivity index (χ4v) is 2.77. The molecule has 0 radical (unpaired) electrons. The number of aryl methyl sites for hydroxylation is 1. The van der Waals surface area contributed by atoms with Crippen LogP contribution in [0.15, 0.2) is 22.7 Å². The Morgan fingerprint density at radius 2 is 2.00 bits per heavy atom. The van der Waals surface area contributed by atoms with E-state index in [1.54, 1.807) is 0 Å². The summed E-state index contributed by atoms with van der Waals surface area (Å²) in [4.78, 5) is 9.34. The first kappa shape index (κ1) is 16.2. The average molecular weight is 369 g/mol. The summed E-state index contributed by atoms with van der Waals surface area (Å²) in [7, 11) is 0. The highest BCUT2D eigenvalue weighted by Crippen LogP contribution is 2.31. The smallest absolute Gasteiger partial charge is 0.161 e. The highest BCUT2D eigenvalue weighted by Gasteiger charge is 2.15. The average Bonchev–Trinajstić information content (AvgIpc) is 2.41. The van der Waals surface area contributed by atoms with Crippen molar-refractivity contribution in [3.05, 3.63) is 39.0 Å². The second-order valence-electron chi connectivity index (χ2n) is 5.21. The van der Waals surface area contributed by atoms with Gasteiger partial charge in [0, 0.05) is 27.8 Å². The van der Waals surface area contributed by atoms with Crippen molar-refractivity contribution in [3.8, 4) is 11.4 Å². The predicted octanol–water partition coefficient (Wildman–Crippen LogP) is 5.42. The van der Waals surface area contributed by atoms with Gasteiger partial charge in [0.2, 0.25) is 0 Å². The molecule has 1 aromatic heterocycles. The Kier molecular flexibility index (Phi) is 5.22. The van der Waals surface area contributed by atoms with Gasteiger partial charge in [0.15, 0.2) is 5.82 Å². The number of halogens is 2. The number of nitrogens with one attached hydrogen (secondary N) is 1. The second kappa shape index (κ2) is 6.75. The van der Waals surface area contributed by atoms with Gasteiger partial charge in [-0.2, -0.15) is 0 Å². The van der Waals surface area contributed by atoms with Crippen molar-refractivity contribution in [1.82, 2.24) is 9.97 Å². The van der Waals surface area contributed by atoms with Crippen LogP contribution in [0.3, 0.4) is 0 Å². The van der Waals surface area contributed by atoms with Crippen LogP contribution in [0.25, 0.3) is 11.4 Å². The highest BCUT2D eigenvalue weighted by atomic mass is 79.9. The van der Waals surface area contributed by atoms with Gasteiger partial charge in [0.05, 0.1) is 5.02 Å². The number of nitrogens with zero attached hydrogens (tertiary/aromatic N) is 2. The summed E-state index contributed by atoms with van der Waals surface area (Å²) in [5.74, 6) is 1.98. The summed E-state index contributed by atoms with van der Waals surface area (Å²) in [5.41, 5.74) is 3.09. The SMILES string of the molecule is CCNc1nc(-c2ccc(Br)c(Cl)c2)nc(C)c1C(C)C. The maximum atomic E-state index is 6.17. The molecule has 0 aliphatic rings. The fraction of sp³-hybridized carbons (Fsp3) is 0.375. The van der Waals surface area contributed by atoms with Crippen molar-refractivity contribution in [1.29, 1.82) is 0 Å². The van der Waals surface area contributed by atoms with Gasteiger partial charge in [-0.15, -0.1) is 0 Å². The van der Waals surface area contributed by atoms with Gasteiger partial charge in [-0.25, -0.2) is 9.97 Å². The minimum absolute atomic E-state index is 0.376. The fourth-order valence-electron chi connectivity index (χ4n) is 2.34. The normalized spacial score (nSPS) is 11.0. The van der Waals surface area contributed by atoms with E-state index in [1.807, 2.05) is 25.1 Å². The Balaban J connectivity index is 2.57. The van der Waals surface area contributed by atoms with Gasteiger partial charge in [-0.05, 0) is 53.9 Å². The van der Waals surface area contributed by atoms with E-state index < -0.39 is 0 Å². The molecule has 0 unspecified atom stereocenters. The Bertz CT molecular complexity index is 656. The van der Waals surface area contributed by atoms with Gasteiger partial charge < -0.3 is 5.32 Å². The van der Waals surface area contributed by atoms with Gasteiger partial charge in [0.25, 0.3) is 0 Å². The van der Waals surface area contributed by atoms with Gasteiger partial charge in [0.1, 0.15) is 5.82 Å². The molecule has 0 bridgehead atoms. The molecule has 112 valence electrons. The summed E-state index contributed by atoms with van der Waals surface area (Å²) < 4.78 is 0.871. The summed E-state index contributed by atoms with van der Waals surface area (Å²) in [6.45, 7) is 9.24. The lowest BCUT2D eigenvalue weighted by molar-refractivity contribution is 0.831. The van der Waals surface area contributed by atoms with Crippen molar-refractivity contribution >= 4 is 33.3 Å². The van der Waals surface area contributed by atoms with E-state index in [0.717, 1.165) is 28.1 Å². The minimum Gasteiger partial charge on any atom is -0.370 e. The molecule has 0 amide bonds. The largest absolute Gasteiger partial charge is 0.370 e. The molecule has 1 N–H and O–H groups in total. The van der Waals surface area contributed by atoms with Crippen LogP contribution in [0.2, 0.25) is 5.02 Å². The van der Waals surface area contributed by atoms with Crippen molar-refractivity contribution < 1.29 is 0 Å². The number of aromatic nitrogens is 2. The molecule has 0 saturated heterocycles. The van der Waals surface area contributed by atoms with Crippen molar-refractivity contribution in [2.24, 2.45) is 0 Å². The van der Waals surface area contributed by atoms with E-state index in [2.05, 4.69) is 52.0 Å². The summed E-state index contributed by atoms with van der Waals surface area (Å²) >= 11 is 9.57. The first-order valence-corrected chi connectivity index (χ1v) is 8.19. The Hall–Kier alpha value is -1.13. The van der Waals surface area contributed by atoms with Crippen molar-refractivity contribution in [2.75, 3.05) is 11.9 Å². The minimum atomic E-state index is 0.376. The Morgan fingerprint density at radius 3 is 2.57 bits per heavy atom. The zero-order valence-corrected chi connectivity index (χ0v) is 15.0. The van der Waals surface area contributed by atoms with Crippen LogP contribution < -0.4 is 5.32 Å². The third-order valence-electron chi connectivity index (χ3n) is 3.24. The molecular weight excluding hydrogens is 350 g/mol. The van der Waals surface area contributed by atoms with Crippen molar-refractivity contribution in [3.63, 3.8) is 0 Å². The standard InChI is InChI=1S/C16H19BrClN3/c1-5-19-16-14(9(2)3)10(4)20-15(21-16)11-6-7-12(17)13(18)8-11/h6-9H,5H2,1-4H3,(H,19,20,21). The van der Waals surface area contributed by atoms with E-state index >= 15 is 0 Å². The lowest BCUT2D eigenvalue weighted by atomic mass is 10.0. The van der Waals surface area contributed by atoms with E-state index in [4.69, 9.17) is 11.6 Å². The lowest BCUT2D eigenvalue weighted by Gasteiger charge is -2.16. The first-order valence-electron chi connectivity index (χ1n) is 7.01. The van der Waals surface area contributed by atoms with Crippen LogP contribution in [-0.2, 0) is 0 Å². The molecule has 0 aliphatic heterocycles. The van der Waals surface area contributed by atoms with Crippen LogP contribution >= 0.6 is 27.5 Å². The highest BCUT2D eigenvalue weighted by molar-refractivity contribution is 9.10. The molecule has 1 heterocycles.